The van der Waals surface area contributed by atoms with Gasteiger partial charge in [-0.15, -0.1) is 0 Å². The Balaban J connectivity index is 2.93. The van der Waals surface area contributed by atoms with Crippen molar-refractivity contribution in [3.05, 3.63) is 29.8 Å². The zero-order chi connectivity index (χ0) is 15.4. The molecule has 1 rings (SSSR count). The molecule has 0 spiro atoms. The Hall–Kier alpha value is -1.08. The molecule has 1 aromatic carbocycles. The highest BCUT2D eigenvalue weighted by atomic mass is 32.2. The molecule has 0 aliphatic carbocycles. The van der Waals surface area contributed by atoms with Gasteiger partial charge >= 0.3 is 6.18 Å². The lowest BCUT2D eigenvalue weighted by molar-refractivity contribution is -0.137. The second kappa shape index (κ2) is 6.58. The van der Waals surface area contributed by atoms with Crippen molar-refractivity contribution in [2.75, 3.05) is 6.54 Å². The molecule has 0 heterocycles. The summed E-state index contributed by atoms with van der Waals surface area (Å²) in [6.45, 7) is 4.10. The fourth-order valence-electron chi connectivity index (χ4n) is 1.73. The molecule has 0 bridgehead atoms. The van der Waals surface area contributed by atoms with Crippen LogP contribution in [0.2, 0.25) is 0 Å². The summed E-state index contributed by atoms with van der Waals surface area (Å²) in [5, 5.41) is 0. The first kappa shape index (κ1) is 17.0. The van der Waals surface area contributed by atoms with Gasteiger partial charge in [0.2, 0.25) is 10.0 Å². The maximum Gasteiger partial charge on any atom is 0.416 e. The number of sulfonamides is 1. The number of hydrogen-bond donors (Lipinski definition) is 1. The molecule has 114 valence electrons. The van der Waals surface area contributed by atoms with Crippen LogP contribution in [0.15, 0.2) is 29.2 Å². The van der Waals surface area contributed by atoms with E-state index in [2.05, 4.69) is 4.72 Å². The number of benzene rings is 1. The van der Waals surface area contributed by atoms with E-state index in [1.807, 2.05) is 13.8 Å². The SMILES string of the molecule is CCC(CC)CNS(=O)(=O)c1cccc(C(F)(F)F)c1. The Bertz CT molecular complexity index is 537. The molecule has 0 saturated heterocycles. The number of hydrogen-bond acceptors (Lipinski definition) is 2. The fraction of sp³-hybridized carbons (Fsp3) is 0.538. The first-order valence-electron chi connectivity index (χ1n) is 6.37. The van der Waals surface area contributed by atoms with Gasteiger partial charge in [-0.2, -0.15) is 13.2 Å². The molecule has 0 saturated carbocycles. The molecule has 1 N–H and O–H groups in total. The quantitative estimate of drug-likeness (QED) is 0.875. The monoisotopic (exact) mass is 309 g/mol. The van der Waals surface area contributed by atoms with Crippen LogP contribution in [0.1, 0.15) is 32.3 Å². The molecule has 3 nitrogen and oxygen atoms in total. The minimum atomic E-state index is -4.55. The Morgan fingerprint density at radius 3 is 2.30 bits per heavy atom. The zero-order valence-electron chi connectivity index (χ0n) is 11.4. The van der Waals surface area contributed by atoms with Crippen LogP contribution in [0, 0.1) is 5.92 Å². The van der Waals surface area contributed by atoms with E-state index >= 15 is 0 Å². The molecule has 0 aliphatic heterocycles. The van der Waals surface area contributed by atoms with Gasteiger partial charge in [0, 0.05) is 6.54 Å². The van der Waals surface area contributed by atoms with Crippen molar-refractivity contribution in [3.63, 3.8) is 0 Å². The average Bonchev–Trinajstić information content (AvgIpc) is 2.39. The second-order valence-electron chi connectivity index (χ2n) is 4.56. The molecule has 0 aromatic heterocycles. The summed E-state index contributed by atoms with van der Waals surface area (Å²) in [6.07, 6.45) is -2.94. The Morgan fingerprint density at radius 2 is 1.80 bits per heavy atom. The van der Waals surface area contributed by atoms with Crippen LogP contribution in [-0.4, -0.2) is 15.0 Å². The van der Waals surface area contributed by atoms with E-state index in [9.17, 15) is 21.6 Å². The average molecular weight is 309 g/mol. The number of nitrogens with one attached hydrogen (secondary N) is 1. The number of halogens is 3. The molecule has 0 unspecified atom stereocenters. The van der Waals surface area contributed by atoms with E-state index in [1.54, 1.807) is 0 Å². The Labute approximate surface area is 117 Å². The van der Waals surface area contributed by atoms with E-state index in [4.69, 9.17) is 0 Å². The summed E-state index contributed by atoms with van der Waals surface area (Å²) in [4.78, 5) is -0.363. The third-order valence-corrected chi connectivity index (χ3v) is 4.61. The molecule has 20 heavy (non-hydrogen) atoms. The van der Waals surface area contributed by atoms with Gasteiger partial charge < -0.3 is 0 Å². The van der Waals surface area contributed by atoms with Crippen LogP contribution < -0.4 is 4.72 Å². The van der Waals surface area contributed by atoms with Gasteiger partial charge in [-0.25, -0.2) is 13.1 Å². The lowest BCUT2D eigenvalue weighted by atomic mass is 10.0. The lowest BCUT2D eigenvalue weighted by Crippen LogP contribution is -2.29. The van der Waals surface area contributed by atoms with Gasteiger partial charge in [0.1, 0.15) is 0 Å². The predicted molar refractivity (Wildman–Crippen MR) is 70.7 cm³/mol. The van der Waals surface area contributed by atoms with Gasteiger partial charge in [-0.05, 0) is 24.1 Å². The highest BCUT2D eigenvalue weighted by Crippen LogP contribution is 2.30. The smallest absolute Gasteiger partial charge is 0.211 e. The summed E-state index contributed by atoms with van der Waals surface area (Å²) in [7, 11) is -3.91. The van der Waals surface area contributed by atoms with Gasteiger partial charge in [0.15, 0.2) is 0 Å². The van der Waals surface area contributed by atoms with Crippen molar-refractivity contribution in [1.82, 2.24) is 4.72 Å². The van der Waals surface area contributed by atoms with E-state index < -0.39 is 21.8 Å². The highest BCUT2D eigenvalue weighted by molar-refractivity contribution is 7.89. The minimum Gasteiger partial charge on any atom is -0.211 e. The van der Waals surface area contributed by atoms with Crippen molar-refractivity contribution < 1.29 is 21.6 Å². The van der Waals surface area contributed by atoms with Crippen molar-refractivity contribution in [2.45, 2.75) is 37.8 Å². The first-order valence-corrected chi connectivity index (χ1v) is 7.86. The molecule has 0 atom stereocenters. The van der Waals surface area contributed by atoms with Crippen LogP contribution in [-0.2, 0) is 16.2 Å². The van der Waals surface area contributed by atoms with Crippen molar-refractivity contribution >= 4 is 10.0 Å². The zero-order valence-corrected chi connectivity index (χ0v) is 12.2. The van der Waals surface area contributed by atoms with Gasteiger partial charge in [0.25, 0.3) is 0 Å². The third-order valence-electron chi connectivity index (χ3n) is 3.19. The predicted octanol–water partition coefficient (Wildman–Crippen LogP) is 3.42. The van der Waals surface area contributed by atoms with E-state index in [-0.39, 0.29) is 17.4 Å². The number of rotatable bonds is 6. The minimum absolute atomic E-state index is 0.176. The summed E-state index contributed by atoms with van der Waals surface area (Å²) < 4.78 is 64.0. The normalized spacial score (nSPS) is 12.9. The van der Waals surface area contributed by atoms with E-state index in [0.29, 0.717) is 6.07 Å². The van der Waals surface area contributed by atoms with Crippen LogP contribution >= 0.6 is 0 Å². The van der Waals surface area contributed by atoms with Crippen molar-refractivity contribution in [2.24, 2.45) is 5.92 Å². The summed E-state index contributed by atoms with van der Waals surface area (Å²) in [5.74, 6) is 0.176. The maximum absolute atomic E-state index is 12.6. The lowest BCUT2D eigenvalue weighted by Gasteiger charge is -2.14. The maximum atomic E-state index is 12.6. The second-order valence-corrected chi connectivity index (χ2v) is 6.33. The highest BCUT2D eigenvalue weighted by Gasteiger charge is 2.31. The van der Waals surface area contributed by atoms with E-state index in [0.717, 1.165) is 31.0 Å². The van der Waals surface area contributed by atoms with Crippen LogP contribution in [0.25, 0.3) is 0 Å². The topological polar surface area (TPSA) is 46.2 Å². The Kier molecular flexibility index (Phi) is 5.59. The first-order chi connectivity index (χ1) is 9.20. The summed E-state index contributed by atoms with van der Waals surface area (Å²) in [6, 6.07) is 3.74. The van der Waals surface area contributed by atoms with Gasteiger partial charge in [-0.1, -0.05) is 32.8 Å². The van der Waals surface area contributed by atoms with Crippen LogP contribution in [0.4, 0.5) is 13.2 Å². The molecule has 0 radical (unpaired) electrons. The Morgan fingerprint density at radius 1 is 1.20 bits per heavy atom. The fourth-order valence-corrected chi connectivity index (χ4v) is 2.89. The standard InChI is InChI=1S/C13H18F3NO2S/c1-3-10(4-2)9-17-20(18,19)12-7-5-6-11(8-12)13(14,15)16/h5-8,10,17H,3-4,9H2,1-2H3. The summed E-state index contributed by atoms with van der Waals surface area (Å²) in [5.41, 5.74) is -0.970. The third kappa shape index (κ3) is 4.49. The van der Waals surface area contributed by atoms with E-state index in [1.165, 1.54) is 0 Å². The van der Waals surface area contributed by atoms with Gasteiger partial charge in [-0.3, -0.25) is 0 Å². The van der Waals surface area contributed by atoms with Gasteiger partial charge in [0.05, 0.1) is 10.5 Å². The molecule has 0 fully saturated rings. The van der Waals surface area contributed by atoms with Crippen LogP contribution in [0.5, 0.6) is 0 Å². The largest absolute Gasteiger partial charge is 0.416 e. The number of alkyl halides is 3. The molecule has 1 aromatic rings. The molecule has 0 aliphatic rings. The van der Waals surface area contributed by atoms with Crippen LogP contribution in [0.3, 0.4) is 0 Å². The summed E-state index contributed by atoms with van der Waals surface area (Å²) >= 11 is 0. The van der Waals surface area contributed by atoms with Crippen molar-refractivity contribution in [1.29, 1.82) is 0 Å². The molecular weight excluding hydrogens is 291 g/mol. The molecular formula is C13H18F3NO2S. The molecule has 7 heteroatoms. The molecule has 0 amide bonds. The van der Waals surface area contributed by atoms with Crippen molar-refractivity contribution in [3.8, 4) is 0 Å².